The van der Waals surface area contributed by atoms with Crippen molar-refractivity contribution in [3.05, 3.63) is 60.0 Å². The Kier molecular flexibility index (Phi) is 6.58. The summed E-state index contributed by atoms with van der Waals surface area (Å²) in [5, 5.41) is 2.77. The van der Waals surface area contributed by atoms with Crippen molar-refractivity contribution in [3.8, 4) is 11.5 Å². The molecule has 0 unspecified atom stereocenters. The van der Waals surface area contributed by atoms with Crippen LogP contribution in [0, 0.1) is 6.92 Å². The molecule has 0 radical (unpaired) electrons. The third kappa shape index (κ3) is 6.08. The molecule has 3 aromatic rings. The van der Waals surface area contributed by atoms with E-state index in [0.717, 1.165) is 23.4 Å². The van der Waals surface area contributed by atoms with E-state index in [0.29, 0.717) is 17.9 Å². The lowest BCUT2D eigenvalue weighted by molar-refractivity contribution is -0.141. The molecule has 0 spiro atoms. The number of benzene rings is 1. The van der Waals surface area contributed by atoms with Gasteiger partial charge in [-0.15, -0.1) is 0 Å². The Labute approximate surface area is 169 Å². The summed E-state index contributed by atoms with van der Waals surface area (Å²) in [6, 6.07) is 11.4. The van der Waals surface area contributed by atoms with Crippen molar-refractivity contribution in [1.29, 1.82) is 0 Å². The normalized spacial score (nSPS) is 11.4. The van der Waals surface area contributed by atoms with Crippen molar-refractivity contribution in [1.82, 2.24) is 9.97 Å². The molecule has 0 saturated heterocycles. The first-order valence-corrected chi connectivity index (χ1v) is 9.79. The summed E-state index contributed by atoms with van der Waals surface area (Å²) in [6.07, 6.45) is -2.51. The number of amides is 1. The number of rotatable bonds is 7. The lowest BCUT2D eigenvalue weighted by Gasteiger charge is -2.09. The molecule has 9 heteroatoms. The second-order valence-electron chi connectivity index (χ2n) is 6.26. The van der Waals surface area contributed by atoms with Gasteiger partial charge in [-0.25, -0.2) is 9.97 Å². The summed E-state index contributed by atoms with van der Waals surface area (Å²) in [4.78, 5) is 19.7. The maximum atomic E-state index is 13.1. The first kappa shape index (κ1) is 20.9. The van der Waals surface area contributed by atoms with Crippen LogP contribution < -0.4 is 5.32 Å². The van der Waals surface area contributed by atoms with Gasteiger partial charge >= 0.3 is 6.18 Å². The van der Waals surface area contributed by atoms with E-state index < -0.39 is 11.9 Å². The minimum absolute atomic E-state index is 0.00910. The van der Waals surface area contributed by atoms with E-state index in [4.69, 9.17) is 4.42 Å². The van der Waals surface area contributed by atoms with E-state index >= 15 is 0 Å². The van der Waals surface area contributed by atoms with Gasteiger partial charge in [-0.2, -0.15) is 13.2 Å². The molecule has 5 nitrogen and oxygen atoms in total. The van der Waals surface area contributed by atoms with Gasteiger partial charge in [0.15, 0.2) is 10.9 Å². The molecular formula is C20H18F3N3O2S. The number of carbonyl (C=O) groups excluding carboxylic acids is 1. The average Bonchev–Trinajstić information content (AvgIpc) is 3.21. The van der Waals surface area contributed by atoms with Crippen LogP contribution in [-0.2, 0) is 11.0 Å². The third-order valence-electron chi connectivity index (χ3n) is 3.88. The van der Waals surface area contributed by atoms with Crippen molar-refractivity contribution in [2.75, 3.05) is 11.1 Å². The van der Waals surface area contributed by atoms with Crippen molar-refractivity contribution < 1.29 is 22.4 Å². The smallest absolute Gasteiger partial charge is 0.433 e. The van der Waals surface area contributed by atoms with Crippen LogP contribution in [0.4, 0.5) is 18.9 Å². The van der Waals surface area contributed by atoms with Crippen molar-refractivity contribution in [2.24, 2.45) is 0 Å². The van der Waals surface area contributed by atoms with Crippen LogP contribution in [-0.4, -0.2) is 21.6 Å². The molecule has 0 bridgehead atoms. The van der Waals surface area contributed by atoms with Gasteiger partial charge in [0.25, 0.3) is 0 Å². The zero-order valence-corrected chi connectivity index (χ0v) is 16.3. The number of nitrogens with one attached hydrogen (secondary N) is 1. The lowest BCUT2D eigenvalue weighted by Crippen LogP contribution is -2.12. The van der Waals surface area contributed by atoms with E-state index in [1.54, 1.807) is 6.07 Å². The number of furan rings is 1. The highest BCUT2D eigenvalue weighted by Gasteiger charge is 2.34. The third-order valence-corrected chi connectivity index (χ3v) is 4.82. The van der Waals surface area contributed by atoms with Crippen LogP contribution in [0.25, 0.3) is 11.5 Å². The second kappa shape index (κ2) is 9.13. The molecule has 0 saturated carbocycles. The van der Waals surface area contributed by atoms with Gasteiger partial charge in [-0.1, -0.05) is 29.5 Å². The number of nitrogens with zero attached hydrogens (tertiary/aromatic N) is 2. The molecular weight excluding hydrogens is 403 g/mol. The number of hydrogen-bond acceptors (Lipinski definition) is 5. The molecule has 0 aliphatic heterocycles. The first-order chi connectivity index (χ1) is 13.8. The highest BCUT2D eigenvalue weighted by atomic mass is 32.2. The zero-order chi connectivity index (χ0) is 20.9. The summed E-state index contributed by atoms with van der Waals surface area (Å²) in [7, 11) is 0. The number of anilines is 1. The molecule has 1 amide bonds. The predicted molar refractivity (Wildman–Crippen MR) is 105 cm³/mol. The number of alkyl halides is 3. The molecule has 0 aliphatic carbocycles. The molecule has 29 heavy (non-hydrogen) atoms. The minimum Gasteiger partial charge on any atom is -0.463 e. The Bertz CT molecular complexity index is 958. The van der Waals surface area contributed by atoms with Gasteiger partial charge in [0.1, 0.15) is 11.4 Å². The van der Waals surface area contributed by atoms with E-state index in [1.165, 1.54) is 12.3 Å². The Morgan fingerprint density at radius 3 is 2.59 bits per heavy atom. The summed E-state index contributed by atoms with van der Waals surface area (Å²) >= 11 is 1.07. The first-order valence-electron chi connectivity index (χ1n) is 8.81. The predicted octanol–water partition coefficient (Wildman–Crippen LogP) is 5.57. The molecule has 0 fully saturated rings. The van der Waals surface area contributed by atoms with Gasteiger partial charge in [-0.3, -0.25) is 4.79 Å². The van der Waals surface area contributed by atoms with Crippen LogP contribution in [0.5, 0.6) is 0 Å². The van der Waals surface area contributed by atoms with Gasteiger partial charge in [0.05, 0.1) is 6.26 Å². The molecule has 2 aromatic heterocycles. The summed E-state index contributed by atoms with van der Waals surface area (Å²) in [5.41, 5.74) is 0.836. The monoisotopic (exact) mass is 421 g/mol. The molecule has 1 aromatic carbocycles. The van der Waals surface area contributed by atoms with Crippen LogP contribution in [0.3, 0.4) is 0 Å². The fourth-order valence-electron chi connectivity index (χ4n) is 2.44. The maximum absolute atomic E-state index is 13.1. The van der Waals surface area contributed by atoms with Gasteiger partial charge in [-0.05, 0) is 43.7 Å². The van der Waals surface area contributed by atoms with Crippen LogP contribution in [0.1, 0.15) is 24.1 Å². The number of hydrogen-bond donors (Lipinski definition) is 1. The fraction of sp³-hybridized carbons (Fsp3) is 0.250. The zero-order valence-electron chi connectivity index (χ0n) is 15.5. The maximum Gasteiger partial charge on any atom is 0.433 e. The molecule has 0 aliphatic rings. The van der Waals surface area contributed by atoms with E-state index in [-0.39, 0.29) is 28.9 Å². The van der Waals surface area contributed by atoms with E-state index in [2.05, 4.69) is 15.3 Å². The number of halogens is 3. The Morgan fingerprint density at radius 1 is 1.17 bits per heavy atom. The van der Waals surface area contributed by atoms with E-state index in [9.17, 15) is 18.0 Å². The largest absolute Gasteiger partial charge is 0.463 e. The molecule has 152 valence electrons. The molecule has 0 atom stereocenters. The second-order valence-corrected chi connectivity index (χ2v) is 7.32. The van der Waals surface area contributed by atoms with Crippen molar-refractivity contribution in [3.63, 3.8) is 0 Å². The molecule has 2 heterocycles. The van der Waals surface area contributed by atoms with Gasteiger partial charge in [0.2, 0.25) is 5.91 Å². The number of thioether (sulfide) groups is 1. The number of aromatic nitrogens is 2. The Balaban J connectivity index is 1.57. The summed E-state index contributed by atoms with van der Waals surface area (Å²) in [5.74, 6) is 0.480. The quantitative estimate of drug-likeness (QED) is 0.307. The van der Waals surface area contributed by atoms with Crippen molar-refractivity contribution in [2.45, 2.75) is 31.1 Å². The SMILES string of the molecule is Cc1ccc(NC(=O)CCCSc2nc(-c3ccco3)cc(C(F)(F)F)n2)cc1. The average molecular weight is 421 g/mol. The number of aryl methyl sites for hydroxylation is 1. The number of carbonyl (C=O) groups is 1. The highest BCUT2D eigenvalue weighted by Crippen LogP contribution is 2.32. The summed E-state index contributed by atoms with van der Waals surface area (Å²) < 4.78 is 44.5. The van der Waals surface area contributed by atoms with Gasteiger partial charge in [0, 0.05) is 17.9 Å². The van der Waals surface area contributed by atoms with E-state index in [1.807, 2.05) is 31.2 Å². The molecule has 1 N–H and O–H groups in total. The fourth-order valence-corrected chi connectivity index (χ4v) is 3.24. The lowest BCUT2D eigenvalue weighted by atomic mass is 10.2. The van der Waals surface area contributed by atoms with Crippen LogP contribution in [0.2, 0.25) is 0 Å². The van der Waals surface area contributed by atoms with Crippen LogP contribution in [0.15, 0.2) is 58.3 Å². The standard InChI is InChI=1S/C20H18F3N3O2S/c1-13-6-8-14(9-7-13)24-18(27)5-3-11-29-19-25-15(16-4-2-10-28-16)12-17(26-19)20(21,22)23/h2,4,6-10,12H,3,5,11H2,1H3,(H,24,27). The highest BCUT2D eigenvalue weighted by molar-refractivity contribution is 7.99. The summed E-state index contributed by atoms with van der Waals surface area (Å²) in [6.45, 7) is 1.95. The van der Waals surface area contributed by atoms with Crippen molar-refractivity contribution >= 4 is 23.4 Å². The van der Waals surface area contributed by atoms with Gasteiger partial charge < -0.3 is 9.73 Å². The Morgan fingerprint density at radius 2 is 1.93 bits per heavy atom. The molecule has 3 rings (SSSR count). The Hall–Kier alpha value is -2.81. The topological polar surface area (TPSA) is 68.0 Å². The van der Waals surface area contributed by atoms with Crippen LogP contribution >= 0.6 is 11.8 Å². The minimum atomic E-state index is -4.59.